The zero-order valence-corrected chi connectivity index (χ0v) is 23.3. The highest BCUT2D eigenvalue weighted by Gasteiger charge is 2.45. The molecule has 1 aliphatic heterocycles. The number of carbonyl (C=O) groups excluding carboxylic acids is 2. The predicted molar refractivity (Wildman–Crippen MR) is 152 cm³/mol. The Bertz CT molecular complexity index is 1060. The fraction of sp³-hybridized carbons (Fsp3) is 0.500. The van der Waals surface area contributed by atoms with Gasteiger partial charge in [-0.2, -0.15) is 0 Å². The molecular formula is C32H44N2O3. The summed E-state index contributed by atoms with van der Waals surface area (Å²) in [6, 6.07) is 14.9. The molecule has 0 spiro atoms. The standard InChI is InChI=1S/C32H44N2O3/c1-6-8-19-33(20-9-7-2)21-10-22-34-29(26-17-15-25(16-18-26)23(3)4)28(31(36)32(34)37)30(35)27-13-11-24(5)12-14-27/h11-18,23,29,35H,6-10,19-22H2,1-5H3/t29-/m1/s1. The number of likely N-dealkylation sites (tertiary alicyclic amines) is 1. The van der Waals surface area contributed by atoms with Crippen LogP contribution >= 0.6 is 0 Å². The Morgan fingerprint density at radius 3 is 2.00 bits per heavy atom. The topological polar surface area (TPSA) is 60.9 Å². The van der Waals surface area contributed by atoms with E-state index in [2.05, 4.69) is 44.7 Å². The van der Waals surface area contributed by atoms with Crippen LogP contribution in [-0.2, 0) is 9.59 Å². The number of nitrogens with zero attached hydrogens (tertiary/aromatic N) is 2. The maximum atomic E-state index is 13.3. The minimum absolute atomic E-state index is 0.105. The smallest absolute Gasteiger partial charge is 0.295 e. The number of unbranched alkanes of at least 4 members (excludes halogenated alkanes) is 2. The number of hydrogen-bond donors (Lipinski definition) is 1. The third-order valence-corrected chi connectivity index (χ3v) is 7.31. The van der Waals surface area contributed by atoms with Gasteiger partial charge in [-0.15, -0.1) is 0 Å². The first-order valence-corrected chi connectivity index (χ1v) is 14.0. The lowest BCUT2D eigenvalue weighted by Gasteiger charge is -2.27. The fourth-order valence-corrected chi connectivity index (χ4v) is 4.95. The second-order valence-corrected chi connectivity index (χ2v) is 10.6. The number of rotatable bonds is 13. The molecule has 5 heteroatoms. The summed E-state index contributed by atoms with van der Waals surface area (Å²) in [7, 11) is 0. The van der Waals surface area contributed by atoms with Crippen LogP contribution in [0, 0.1) is 6.92 Å². The lowest BCUT2D eigenvalue weighted by atomic mass is 9.93. The molecule has 1 aliphatic rings. The molecule has 1 heterocycles. The van der Waals surface area contributed by atoms with Gasteiger partial charge in [0, 0.05) is 12.1 Å². The first-order chi connectivity index (χ1) is 17.8. The SMILES string of the molecule is CCCCN(CCCC)CCCN1C(=O)C(=O)C(=C(O)c2ccc(C)cc2)[C@H]1c1ccc(C(C)C)cc1. The molecule has 1 saturated heterocycles. The number of amides is 1. The molecule has 3 rings (SSSR count). The molecule has 1 fully saturated rings. The van der Waals surface area contributed by atoms with Gasteiger partial charge in [-0.1, -0.05) is 94.6 Å². The summed E-state index contributed by atoms with van der Waals surface area (Å²) in [5, 5.41) is 11.3. The van der Waals surface area contributed by atoms with Gasteiger partial charge in [-0.3, -0.25) is 9.59 Å². The number of carbonyl (C=O) groups is 2. The molecule has 5 nitrogen and oxygen atoms in total. The summed E-state index contributed by atoms with van der Waals surface area (Å²) in [5.41, 5.74) is 3.85. The van der Waals surface area contributed by atoms with Crippen LogP contribution in [0.3, 0.4) is 0 Å². The van der Waals surface area contributed by atoms with E-state index in [1.165, 1.54) is 5.56 Å². The fourth-order valence-electron chi connectivity index (χ4n) is 4.95. The second kappa shape index (κ2) is 13.6. The van der Waals surface area contributed by atoms with Crippen LogP contribution in [0.5, 0.6) is 0 Å². The molecule has 0 saturated carbocycles. The number of hydrogen-bond acceptors (Lipinski definition) is 4. The van der Waals surface area contributed by atoms with Gasteiger partial charge in [-0.25, -0.2) is 0 Å². The molecule has 0 radical (unpaired) electrons. The van der Waals surface area contributed by atoms with Crippen molar-refractivity contribution in [1.29, 1.82) is 0 Å². The van der Waals surface area contributed by atoms with E-state index in [4.69, 9.17) is 0 Å². The Kier molecular flexibility index (Phi) is 10.5. The Labute approximate surface area is 223 Å². The molecule has 1 N–H and O–H groups in total. The Morgan fingerprint density at radius 2 is 1.46 bits per heavy atom. The van der Waals surface area contributed by atoms with Crippen LogP contribution in [0.2, 0.25) is 0 Å². The van der Waals surface area contributed by atoms with Crippen molar-refractivity contribution in [3.05, 3.63) is 76.4 Å². The zero-order chi connectivity index (χ0) is 26.9. The van der Waals surface area contributed by atoms with Crippen molar-refractivity contribution in [3.8, 4) is 0 Å². The summed E-state index contributed by atoms with van der Waals surface area (Å²) >= 11 is 0. The van der Waals surface area contributed by atoms with Gasteiger partial charge < -0.3 is 14.9 Å². The van der Waals surface area contributed by atoms with E-state index < -0.39 is 17.7 Å². The summed E-state index contributed by atoms with van der Waals surface area (Å²) in [6.45, 7) is 14.1. The minimum atomic E-state index is -0.607. The molecule has 0 bridgehead atoms. The van der Waals surface area contributed by atoms with Crippen LogP contribution < -0.4 is 0 Å². The molecule has 1 amide bonds. The largest absolute Gasteiger partial charge is 0.507 e. The zero-order valence-electron chi connectivity index (χ0n) is 23.3. The lowest BCUT2D eigenvalue weighted by Crippen LogP contribution is -2.34. The molecule has 0 aliphatic carbocycles. The molecule has 0 unspecified atom stereocenters. The van der Waals surface area contributed by atoms with E-state index in [1.54, 1.807) is 17.0 Å². The van der Waals surface area contributed by atoms with Crippen molar-refractivity contribution in [2.24, 2.45) is 0 Å². The number of aryl methyl sites for hydroxylation is 1. The van der Waals surface area contributed by atoms with Crippen LogP contribution in [0.15, 0.2) is 54.1 Å². The number of benzene rings is 2. The van der Waals surface area contributed by atoms with Gasteiger partial charge in [0.1, 0.15) is 5.76 Å². The van der Waals surface area contributed by atoms with Gasteiger partial charge >= 0.3 is 0 Å². The maximum Gasteiger partial charge on any atom is 0.295 e. The Morgan fingerprint density at radius 1 is 0.892 bits per heavy atom. The Hall–Kier alpha value is -2.92. The first-order valence-electron chi connectivity index (χ1n) is 14.0. The third-order valence-electron chi connectivity index (χ3n) is 7.31. The van der Waals surface area contributed by atoms with E-state index in [1.807, 2.05) is 31.2 Å². The first kappa shape index (κ1) is 28.6. The monoisotopic (exact) mass is 504 g/mol. The molecule has 2 aromatic rings. The number of ketones is 1. The predicted octanol–water partition coefficient (Wildman–Crippen LogP) is 6.83. The second-order valence-electron chi connectivity index (χ2n) is 10.6. The van der Waals surface area contributed by atoms with Gasteiger partial charge in [0.25, 0.3) is 11.7 Å². The van der Waals surface area contributed by atoms with E-state index in [0.717, 1.165) is 62.9 Å². The van der Waals surface area contributed by atoms with Crippen LogP contribution in [0.1, 0.15) is 94.0 Å². The van der Waals surface area contributed by atoms with Crippen molar-refractivity contribution in [2.45, 2.75) is 78.7 Å². The van der Waals surface area contributed by atoms with E-state index in [-0.39, 0.29) is 11.3 Å². The van der Waals surface area contributed by atoms with E-state index >= 15 is 0 Å². The van der Waals surface area contributed by atoms with Gasteiger partial charge in [0.05, 0.1) is 11.6 Å². The van der Waals surface area contributed by atoms with E-state index in [9.17, 15) is 14.7 Å². The van der Waals surface area contributed by atoms with Crippen molar-refractivity contribution in [1.82, 2.24) is 9.80 Å². The quantitative estimate of drug-likeness (QED) is 0.184. The van der Waals surface area contributed by atoms with Crippen molar-refractivity contribution in [3.63, 3.8) is 0 Å². The molecule has 1 atom stereocenters. The molecule has 0 aromatic heterocycles. The highest BCUT2D eigenvalue weighted by Crippen LogP contribution is 2.39. The van der Waals surface area contributed by atoms with E-state index in [0.29, 0.717) is 18.0 Å². The van der Waals surface area contributed by atoms with Gasteiger partial charge in [-0.05, 0) is 62.9 Å². The van der Waals surface area contributed by atoms with Gasteiger partial charge in [0.15, 0.2) is 0 Å². The maximum absolute atomic E-state index is 13.3. The third kappa shape index (κ3) is 7.10. The summed E-state index contributed by atoms with van der Waals surface area (Å²) < 4.78 is 0. The highest BCUT2D eigenvalue weighted by atomic mass is 16.3. The number of Topliss-reactive ketones (excluding diaryl/α,β-unsaturated/α-hetero) is 1. The molecule has 37 heavy (non-hydrogen) atoms. The van der Waals surface area contributed by atoms with Gasteiger partial charge in [0.2, 0.25) is 0 Å². The average Bonchev–Trinajstić information content (AvgIpc) is 3.15. The van der Waals surface area contributed by atoms with Crippen molar-refractivity contribution in [2.75, 3.05) is 26.2 Å². The molecular weight excluding hydrogens is 460 g/mol. The summed E-state index contributed by atoms with van der Waals surface area (Å²) in [4.78, 5) is 30.8. The normalized spacial score (nSPS) is 17.4. The summed E-state index contributed by atoms with van der Waals surface area (Å²) in [6.07, 6.45) is 5.41. The number of aliphatic hydroxyl groups is 1. The van der Waals surface area contributed by atoms with Crippen molar-refractivity contribution < 1.29 is 14.7 Å². The van der Waals surface area contributed by atoms with Crippen LogP contribution in [0.25, 0.3) is 5.76 Å². The lowest BCUT2D eigenvalue weighted by molar-refractivity contribution is -0.140. The number of aliphatic hydroxyl groups excluding tert-OH is 1. The highest BCUT2D eigenvalue weighted by molar-refractivity contribution is 6.46. The van der Waals surface area contributed by atoms with Crippen LogP contribution in [-0.4, -0.2) is 52.8 Å². The van der Waals surface area contributed by atoms with Crippen molar-refractivity contribution >= 4 is 17.4 Å². The molecule has 200 valence electrons. The average molecular weight is 505 g/mol. The summed E-state index contributed by atoms with van der Waals surface area (Å²) in [5.74, 6) is -0.860. The molecule has 2 aromatic carbocycles. The Balaban J connectivity index is 1.93. The van der Waals surface area contributed by atoms with Crippen LogP contribution in [0.4, 0.5) is 0 Å². The minimum Gasteiger partial charge on any atom is -0.507 e.